The van der Waals surface area contributed by atoms with E-state index in [-0.39, 0.29) is 11.3 Å². The Morgan fingerprint density at radius 1 is 1.15 bits per heavy atom. The molecule has 0 fully saturated rings. The summed E-state index contributed by atoms with van der Waals surface area (Å²) in [7, 11) is 2.87. The van der Waals surface area contributed by atoms with Gasteiger partial charge < -0.3 is 15.2 Å². The fraction of sp³-hybridized carbons (Fsp3) is 0.429. The minimum absolute atomic E-state index is 0.0829. The van der Waals surface area contributed by atoms with Crippen molar-refractivity contribution in [3.8, 4) is 5.75 Å². The molecule has 1 aromatic carbocycles. The van der Waals surface area contributed by atoms with Gasteiger partial charge in [0.25, 0.3) is 0 Å². The van der Waals surface area contributed by atoms with E-state index in [1.807, 2.05) is 26.0 Å². The van der Waals surface area contributed by atoms with Crippen LogP contribution >= 0.6 is 21.0 Å². The number of aliphatic hydroxyl groups excluding tert-OH is 1. The zero-order valence-electron chi connectivity index (χ0n) is 21.6. The molecule has 3 unspecified atom stereocenters. The molecule has 182 valence electrons. The van der Waals surface area contributed by atoms with E-state index in [0.29, 0.717) is 12.3 Å². The fourth-order valence-electron chi connectivity index (χ4n) is 2.52. The molecule has 0 aromatic heterocycles. The zero-order chi connectivity index (χ0) is 25.3. The molecule has 1 rings (SSSR count). The third kappa shape index (κ3) is 10.4. The van der Waals surface area contributed by atoms with Crippen molar-refractivity contribution in [1.82, 2.24) is 5.32 Å². The molecule has 0 heterocycles. The van der Waals surface area contributed by atoms with Gasteiger partial charge in [-0.15, -0.1) is 9.24 Å². The van der Waals surface area contributed by atoms with Gasteiger partial charge in [0.05, 0.1) is 6.10 Å². The van der Waals surface area contributed by atoms with Gasteiger partial charge in [-0.3, -0.25) is 0 Å². The Balaban J connectivity index is 3.12. The van der Waals surface area contributed by atoms with Crippen LogP contribution in [0.1, 0.15) is 66.5 Å². The maximum atomic E-state index is 9.88. The molecule has 33 heavy (non-hydrogen) atoms. The molecule has 1 aromatic rings. The van der Waals surface area contributed by atoms with Gasteiger partial charge in [0.15, 0.2) is 0 Å². The van der Waals surface area contributed by atoms with Crippen LogP contribution < -0.4 is 10.1 Å². The molecule has 0 spiro atoms. The van der Waals surface area contributed by atoms with E-state index in [1.54, 1.807) is 18.7 Å². The van der Waals surface area contributed by atoms with E-state index < -0.39 is 6.10 Å². The van der Waals surface area contributed by atoms with Gasteiger partial charge >= 0.3 is 0 Å². The maximum absolute atomic E-state index is 9.88. The third-order valence-corrected chi connectivity index (χ3v) is 6.98. The van der Waals surface area contributed by atoms with Crippen LogP contribution in [0, 0.1) is 0 Å². The normalized spacial score (nSPS) is 15.2. The van der Waals surface area contributed by atoms with Crippen LogP contribution in [0.4, 0.5) is 0 Å². The van der Waals surface area contributed by atoms with E-state index in [2.05, 4.69) is 86.6 Å². The van der Waals surface area contributed by atoms with Crippen LogP contribution in [0.5, 0.6) is 5.75 Å². The van der Waals surface area contributed by atoms with E-state index >= 15 is 0 Å². The lowest BCUT2D eigenvalue weighted by atomic mass is 10.0. The maximum Gasteiger partial charge on any atom is 0.121 e. The Morgan fingerprint density at radius 2 is 1.76 bits per heavy atom. The molecule has 0 radical (unpaired) electrons. The molecule has 0 aliphatic heterocycles. The second-order valence-electron chi connectivity index (χ2n) is 9.15. The van der Waals surface area contributed by atoms with Crippen LogP contribution in [0.2, 0.25) is 0 Å². The molecule has 0 aliphatic rings. The van der Waals surface area contributed by atoms with Gasteiger partial charge in [0.1, 0.15) is 11.9 Å². The van der Waals surface area contributed by atoms with Crippen molar-refractivity contribution in [2.75, 3.05) is 6.54 Å². The molecule has 3 atom stereocenters. The molecule has 0 amide bonds. The Bertz CT molecular complexity index is 936. The van der Waals surface area contributed by atoms with Crippen molar-refractivity contribution >= 4 is 31.6 Å². The Labute approximate surface area is 208 Å². The number of benzene rings is 1. The lowest BCUT2D eigenvalue weighted by molar-refractivity contribution is 0.0604. The van der Waals surface area contributed by atoms with Crippen molar-refractivity contribution in [2.24, 2.45) is 0 Å². The quantitative estimate of drug-likeness (QED) is 0.236. The average Bonchev–Trinajstić information content (AvgIpc) is 2.74. The Morgan fingerprint density at radius 3 is 2.30 bits per heavy atom. The number of hydrogen-bond acceptors (Lipinski definition) is 4. The molecular weight excluding hydrogens is 445 g/mol. The Kier molecular flexibility index (Phi) is 11.7. The Hall–Kier alpha value is -1.74. The number of allylic oxidation sites excluding steroid dienone is 5. The summed E-state index contributed by atoms with van der Waals surface area (Å²) in [6.07, 6.45) is 5.48. The third-order valence-electron chi connectivity index (χ3n) is 5.48. The van der Waals surface area contributed by atoms with Crippen LogP contribution in [0.25, 0.3) is 10.6 Å². The smallest absolute Gasteiger partial charge is 0.121 e. The minimum atomic E-state index is -0.572. The highest BCUT2D eigenvalue weighted by Gasteiger charge is 2.14. The lowest BCUT2D eigenvalue weighted by Gasteiger charge is -2.20. The highest BCUT2D eigenvalue weighted by Crippen LogP contribution is 2.35. The van der Waals surface area contributed by atoms with Crippen LogP contribution in [-0.4, -0.2) is 29.0 Å². The van der Waals surface area contributed by atoms with E-state index in [1.165, 1.54) is 16.1 Å². The number of ether oxygens (including phenoxy) is 1. The minimum Gasteiger partial charge on any atom is -0.488 e. The van der Waals surface area contributed by atoms with Crippen molar-refractivity contribution in [2.45, 2.75) is 72.8 Å². The number of rotatable bonds is 12. The highest BCUT2D eigenvalue weighted by molar-refractivity contribution is 8.11. The summed E-state index contributed by atoms with van der Waals surface area (Å²) in [6, 6.07) is 6.00. The predicted molar refractivity (Wildman–Crippen MR) is 153 cm³/mol. The van der Waals surface area contributed by atoms with Crippen molar-refractivity contribution < 1.29 is 9.84 Å². The number of nitrogens with one attached hydrogen (secondary N) is 1. The predicted octanol–water partition coefficient (Wildman–Crippen LogP) is 7.57. The molecule has 0 bridgehead atoms. The van der Waals surface area contributed by atoms with Crippen LogP contribution in [0.15, 0.2) is 65.6 Å². The summed E-state index contributed by atoms with van der Waals surface area (Å²) >= 11 is 1.63. The number of aliphatic hydroxyl groups is 1. The van der Waals surface area contributed by atoms with Gasteiger partial charge in [0.2, 0.25) is 0 Å². The van der Waals surface area contributed by atoms with Gasteiger partial charge in [-0.25, -0.2) is 0 Å². The molecule has 3 nitrogen and oxygen atoms in total. The molecular formula is C28H42NO2PS. The summed E-state index contributed by atoms with van der Waals surface area (Å²) in [5, 5.41) is 13.4. The SMILES string of the molecule is C=C(NC/C(C)=C/C=C(\C)C(C)(C)P)c1cc(OC(C)C(C)O)cc(C(=C)S/C(C)=C\C)c1. The van der Waals surface area contributed by atoms with Crippen molar-refractivity contribution in [3.05, 3.63) is 76.8 Å². The van der Waals surface area contributed by atoms with Crippen molar-refractivity contribution in [1.29, 1.82) is 0 Å². The number of thioether (sulfide) groups is 1. The molecule has 5 heteroatoms. The first kappa shape index (κ1) is 29.3. The first-order chi connectivity index (χ1) is 15.2. The molecule has 0 saturated heterocycles. The topological polar surface area (TPSA) is 41.5 Å². The summed E-state index contributed by atoms with van der Waals surface area (Å²) in [5.41, 5.74) is 5.24. The van der Waals surface area contributed by atoms with Crippen LogP contribution in [-0.2, 0) is 0 Å². The molecule has 2 N–H and O–H groups in total. The van der Waals surface area contributed by atoms with Gasteiger partial charge in [0, 0.05) is 27.9 Å². The molecule has 0 aliphatic carbocycles. The number of hydrogen-bond donors (Lipinski definition) is 2. The first-order valence-electron chi connectivity index (χ1n) is 11.3. The summed E-state index contributed by atoms with van der Waals surface area (Å²) in [5.74, 6) is 0.687. The summed E-state index contributed by atoms with van der Waals surface area (Å²) in [4.78, 5) is 2.12. The second kappa shape index (κ2) is 13.2. The standard InChI is InChI=1S/C28H42NO2PS/c1-11-20(4)33-24(8)26-14-25(15-27(16-26)31-23(7)22(6)30)21(5)29-17-18(2)12-13-19(3)28(9,10)32/h11-16,22-23,29-30H,5,8,17,32H2,1-4,6-7,9-10H3/b18-12+,19-13+,20-11-. The molecule has 0 saturated carbocycles. The highest BCUT2D eigenvalue weighted by atomic mass is 32.2. The van der Waals surface area contributed by atoms with E-state index in [9.17, 15) is 5.11 Å². The second-order valence-corrected chi connectivity index (χ2v) is 11.9. The fourth-order valence-corrected chi connectivity index (χ4v) is 3.36. The largest absolute Gasteiger partial charge is 0.488 e. The lowest BCUT2D eigenvalue weighted by Crippen LogP contribution is -2.25. The van der Waals surface area contributed by atoms with Gasteiger partial charge in [-0.1, -0.05) is 68.1 Å². The average molecular weight is 488 g/mol. The van der Waals surface area contributed by atoms with Gasteiger partial charge in [-0.2, -0.15) is 0 Å². The van der Waals surface area contributed by atoms with Crippen LogP contribution in [0.3, 0.4) is 0 Å². The van der Waals surface area contributed by atoms with E-state index in [4.69, 9.17) is 4.74 Å². The summed E-state index contributed by atoms with van der Waals surface area (Å²) in [6.45, 7) is 25.5. The van der Waals surface area contributed by atoms with Crippen molar-refractivity contribution in [3.63, 3.8) is 0 Å². The van der Waals surface area contributed by atoms with Gasteiger partial charge in [-0.05, 0) is 70.2 Å². The zero-order valence-corrected chi connectivity index (χ0v) is 23.6. The first-order valence-corrected chi connectivity index (χ1v) is 12.7. The summed E-state index contributed by atoms with van der Waals surface area (Å²) < 4.78 is 6.01. The van der Waals surface area contributed by atoms with E-state index in [0.717, 1.165) is 21.7 Å². The monoisotopic (exact) mass is 487 g/mol.